The summed E-state index contributed by atoms with van der Waals surface area (Å²) in [7, 11) is -1.79. The van der Waals surface area contributed by atoms with Gasteiger partial charge < -0.3 is 5.32 Å². The molecule has 0 unspecified atom stereocenters. The molecule has 6 heteroatoms. The average Bonchev–Trinajstić information content (AvgIpc) is 2.41. The van der Waals surface area contributed by atoms with E-state index in [4.69, 9.17) is 0 Å². The molecule has 0 spiro atoms. The molecule has 1 aromatic carbocycles. The van der Waals surface area contributed by atoms with Crippen LogP contribution in [0.5, 0.6) is 0 Å². The first kappa shape index (κ1) is 13.4. The fourth-order valence-corrected chi connectivity index (χ4v) is 2.59. The molecule has 19 heavy (non-hydrogen) atoms. The maximum atomic E-state index is 12.1. The van der Waals surface area contributed by atoms with Crippen LogP contribution in [-0.4, -0.2) is 20.4 Å². The van der Waals surface area contributed by atoms with Crippen LogP contribution in [-0.2, 0) is 10.0 Å². The van der Waals surface area contributed by atoms with Crippen molar-refractivity contribution in [3.05, 3.63) is 48.3 Å². The standard InChI is InChI=1S/C13H15N3O2S/c1-10-3-4-12(9-15-10)16-19(17,18)13-7-5-11(14-2)6-8-13/h3-9,14,16H,1-2H3. The molecule has 0 saturated carbocycles. The maximum Gasteiger partial charge on any atom is 0.261 e. The quantitative estimate of drug-likeness (QED) is 0.899. The highest BCUT2D eigenvalue weighted by atomic mass is 32.2. The van der Waals surface area contributed by atoms with Crippen molar-refractivity contribution in [3.63, 3.8) is 0 Å². The van der Waals surface area contributed by atoms with Crippen molar-refractivity contribution < 1.29 is 8.42 Å². The van der Waals surface area contributed by atoms with Gasteiger partial charge in [0, 0.05) is 18.4 Å². The molecule has 0 aliphatic heterocycles. The molecule has 2 N–H and O–H groups in total. The van der Waals surface area contributed by atoms with Gasteiger partial charge in [0.25, 0.3) is 10.0 Å². The van der Waals surface area contributed by atoms with Crippen LogP contribution in [0.1, 0.15) is 5.69 Å². The topological polar surface area (TPSA) is 71.1 Å². The van der Waals surface area contributed by atoms with Crippen LogP contribution in [0.15, 0.2) is 47.5 Å². The van der Waals surface area contributed by atoms with Gasteiger partial charge in [-0.1, -0.05) is 0 Å². The van der Waals surface area contributed by atoms with E-state index < -0.39 is 10.0 Å². The van der Waals surface area contributed by atoms with Gasteiger partial charge in [0.15, 0.2) is 0 Å². The number of benzene rings is 1. The molecule has 0 radical (unpaired) electrons. The van der Waals surface area contributed by atoms with Gasteiger partial charge in [-0.05, 0) is 43.3 Å². The Balaban J connectivity index is 2.24. The Morgan fingerprint density at radius 1 is 1.00 bits per heavy atom. The maximum absolute atomic E-state index is 12.1. The minimum atomic E-state index is -3.57. The van der Waals surface area contributed by atoms with Gasteiger partial charge in [-0.15, -0.1) is 0 Å². The van der Waals surface area contributed by atoms with Crippen molar-refractivity contribution >= 4 is 21.4 Å². The van der Waals surface area contributed by atoms with E-state index in [2.05, 4.69) is 15.0 Å². The van der Waals surface area contributed by atoms with E-state index in [9.17, 15) is 8.42 Å². The fourth-order valence-electron chi connectivity index (χ4n) is 1.54. The lowest BCUT2D eigenvalue weighted by molar-refractivity contribution is 0.601. The predicted molar refractivity (Wildman–Crippen MR) is 75.8 cm³/mol. The number of anilines is 2. The lowest BCUT2D eigenvalue weighted by Crippen LogP contribution is -2.13. The summed E-state index contributed by atoms with van der Waals surface area (Å²) in [6.07, 6.45) is 1.49. The molecule has 5 nitrogen and oxygen atoms in total. The first-order valence-electron chi connectivity index (χ1n) is 5.74. The SMILES string of the molecule is CNc1ccc(S(=O)(=O)Nc2ccc(C)nc2)cc1. The highest BCUT2D eigenvalue weighted by molar-refractivity contribution is 7.92. The normalized spacial score (nSPS) is 11.1. The van der Waals surface area contributed by atoms with Gasteiger partial charge in [-0.25, -0.2) is 8.42 Å². The second kappa shape index (κ2) is 5.27. The number of aryl methyl sites for hydroxylation is 1. The molecule has 1 aromatic heterocycles. The first-order valence-corrected chi connectivity index (χ1v) is 7.23. The molecule has 0 amide bonds. The number of nitrogens with zero attached hydrogens (tertiary/aromatic N) is 1. The molecular weight excluding hydrogens is 262 g/mol. The molecule has 0 bridgehead atoms. The number of nitrogens with one attached hydrogen (secondary N) is 2. The highest BCUT2D eigenvalue weighted by Crippen LogP contribution is 2.17. The highest BCUT2D eigenvalue weighted by Gasteiger charge is 2.13. The second-order valence-corrected chi connectivity index (χ2v) is 5.75. The van der Waals surface area contributed by atoms with Gasteiger partial charge in [-0.2, -0.15) is 0 Å². The third-order valence-corrected chi connectivity index (χ3v) is 4.01. The predicted octanol–water partition coefficient (Wildman–Crippen LogP) is 2.23. The number of rotatable bonds is 4. The van der Waals surface area contributed by atoms with Crippen LogP contribution in [0, 0.1) is 6.92 Å². The Labute approximate surface area is 112 Å². The minimum absolute atomic E-state index is 0.215. The number of pyridine rings is 1. The third kappa shape index (κ3) is 3.23. The Kier molecular flexibility index (Phi) is 3.71. The number of hydrogen-bond acceptors (Lipinski definition) is 4. The van der Waals surface area contributed by atoms with E-state index in [1.54, 1.807) is 43.4 Å². The third-order valence-electron chi connectivity index (χ3n) is 2.62. The summed E-state index contributed by atoms with van der Waals surface area (Å²) < 4.78 is 26.7. The molecule has 1 heterocycles. The lowest BCUT2D eigenvalue weighted by atomic mass is 10.3. The van der Waals surface area contributed by atoms with E-state index in [1.165, 1.54) is 6.20 Å². The smallest absolute Gasteiger partial charge is 0.261 e. The van der Waals surface area contributed by atoms with Crippen molar-refractivity contribution in [3.8, 4) is 0 Å². The molecule has 0 atom stereocenters. The van der Waals surface area contributed by atoms with Crippen LogP contribution < -0.4 is 10.0 Å². The zero-order valence-electron chi connectivity index (χ0n) is 10.7. The van der Waals surface area contributed by atoms with Gasteiger partial charge in [-0.3, -0.25) is 9.71 Å². The zero-order valence-corrected chi connectivity index (χ0v) is 11.5. The fraction of sp³-hybridized carbons (Fsp3) is 0.154. The Morgan fingerprint density at radius 2 is 1.63 bits per heavy atom. The second-order valence-electron chi connectivity index (χ2n) is 4.07. The summed E-state index contributed by atoms with van der Waals surface area (Å²) in [6, 6.07) is 9.96. The van der Waals surface area contributed by atoms with Crippen LogP contribution in [0.3, 0.4) is 0 Å². The summed E-state index contributed by atoms with van der Waals surface area (Å²) in [4.78, 5) is 4.26. The monoisotopic (exact) mass is 277 g/mol. The van der Waals surface area contributed by atoms with E-state index in [0.29, 0.717) is 5.69 Å². The molecule has 2 aromatic rings. The minimum Gasteiger partial charge on any atom is -0.388 e. The summed E-state index contributed by atoms with van der Waals surface area (Å²) in [5.41, 5.74) is 2.14. The largest absolute Gasteiger partial charge is 0.388 e. The van der Waals surface area contributed by atoms with Crippen LogP contribution in [0.2, 0.25) is 0 Å². The van der Waals surface area contributed by atoms with Crippen LogP contribution >= 0.6 is 0 Å². The first-order chi connectivity index (χ1) is 9.01. The van der Waals surface area contributed by atoms with Crippen LogP contribution in [0.25, 0.3) is 0 Å². The number of sulfonamides is 1. The summed E-state index contributed by atoms with van der Waals surface area (Å²) in [5, 5.41) is 2.94. The molecule has 2 rings (SSSR count). The van der Waals surface area contributed by atoms with Gasteiger partial charge in [0.1, 0.15) is 0 Å². The molecule has 100 valence electrons. The molecule has 0 aliphatic rings. The van der Waals surface area contributed by atoms with Crippen molar-refractivity contribution in [1.29, 1.82) is 0 Å². The van der Waals surface area contributed by atoms with Crippen molar-refractivity contribution in [2.45, 2.75) is 11.8 Å². The summed E-state index contributed by atoms with van der Waals surface area (Å²) in [6.45, 7) is 1.84. The Morgan fingerprint density at radius 3 is 2.16 bits per heavy atom. The number of aromatic nitrogens is 1. The van der Waals surface area contributed by atoms with E-state index >= 15 is 0 Å². The van der Waals surface area contributed by atoms with Crippen molar-refractivity contribution in [2.75, 3.05) is 17.1 Å². The van der Waals surface area contributed by atoms with Gasteiger partial charge >= 0.3 is 0 Å². The molecule has 0 aliphatic carbocycles. The van der Waals surface area contributed by atoms with E-state index in [1.807, 2.05) is 6.92 Å². The van der Waals surface area contributed by atoms with E-state index in [0.717, 1.165) is 11.4 Å². The Bertz CT molecular complexity index is 649. The summed E-state index contributed by atoms with van der Waals surface area (Å²) in [5.74, 6) is 0. The molecular formula is C13H15N3O2S. The lowest BCUT2D eigenvalue weighted by Gasteiger charge is -2.08. The molecule has 0 fully saturated rings. The summed E-state index contributed by atoms with van der Waals surface area (Å²) >= 11 is 0. The van der Waals surface area contributed by atoms with E-state index in [-0.39, 0.29) is 4.90 Å². The molecule has 0 saturated heterocycles. The number of hydrogen-bond donors (Lipinski definition) is 2. The van der Waals surface area contributed by atoms with Crippen molar-refractivity contribution in [1.82, 2.24) is 4.98 Å². The van der Waals surface area contributed by atoms with Crippen LogP contribution in [0.4, 0.5) is 11.4 Å². The van der Waals surface area contributed by atoms with Crippen molar-refractivity contribution in [2.24, 2.45) is 0 Å². The average molecular weight is 277 g/mol. The van der Waals surface area contributed by atoms with Gasteiger partial charge in [0.05, 0.1) is 16.8 Å². The Hall–Kier alpha value is -2.08. The zero-order chi connectivity index (χ0) is 13.9. The van der Waals surface area contributed by atoms with Gasteiger partial charge in [0.2, 0.25) is 0 Å².